The van der Waals surface area contributed by atoms with E-state index in [2.05, 4.69) is 16.0 Å². The molecule has 2 aromatic rings. The van der Waals surface area contributed by atoms with Crippen LogP contribution < -0.4 is 20.7 Å². The van der Waals surface area contributed by atoms with Crippen LogP contribution >= 0.6 is 12.2 Å². The van der Waals surface area contributed by atoms with Crippen molar-refractivity contribution in [3.8, 4) is 5.75 Å². The van der Waals surface area contributed by atoms with Crippen LogP contribution in [0.25, 0.3) is 0 Å². The molecular formula is C24H29N3O3S. The number of hydrogen-bond acceptors (Lipinski definition) is 4. The van der Waals surface area contributed by atoms with Crippen LogP contribution in [-0.4, -0.2) is 29.1 Å². The minimum absolute atomic E-state index is 0.0114. The second-order valence-electron chi connectivity index (χ2n) is 7.96. The molecule has 0 atom stereocenters. The van der Waals surface area contributed by atoms with Gasteiger partial charge in [-0.1, -0.05) is 37.5 Å². The van der Waals surface area contributed by atoms with E-state index in [0.29, 0.717) is 22.6 Å². The van der Waals surface area contributed by atoms with Gasteiger partial charge in [0.1, 0.15) is 5.75 Å². The largest absolute Gasteiger partial charge is 0.491 e. The first-order valence-electron chi connectivity index (χ1n) is 10.7. The second-order valence-corrected chi connectivity index (χ2v) is 8.36. The molecule has 0 heterocycles. The summed E-state index contributed by atoms with van der Waals surface area (Å²) < 4.78 is 5.64. The van der Waals surface area contributed by atoms with Crippen LogP contribution in [-0.2, 0) is 0 Å². The molecule has 3 rings (SSSR count). The molecule has 0 spiro atoms. The molecule has 0 bridgehead atoms. The van der Waals surface area contributed by atoms with Crippen LogP contribution in [0, 0.1) is 0 Å². The van der Waals surface area contributed by atoms with Crippen molar-refractivity contribution in [1.82, 2.24) is 10.6 Å². The van der Waals surface area contributed by atoms with Crippen LogP contribution in [0.2, 0.25) is 0 Å². The van der Waals surface area contributed by atoms with E-state index in [4.69, 9.17) is 17.0 Å². The predicted octanol–water partition coefficient (Wildman–Crippen LogP) is 4.66. The molecule has 7 heteroatoms. The summed E-state index contributed by atoms with van der Waals surface area (Å²) in [6, 6.07) is 14.3. The van der Waals surface area contributed by atoms with E-state index in [1.54, 1.807) is 36.4 Å². The van der Waals surface area contributed by atoms with Gasteiger partial charge in [0.15, 0.2) is 5.11 Å². The fourth-order valence-electron chi connectivity index (χ4n) is 3.61. The van der Waals surface area contributed by atoms with Crippen molar-refractivity contribution in [1.29, 1.82) is 0 Å². The van der Waals surface area contributed by atoms with Crippen LogP contribution in [0.4, 0.5) is 5.69 Å². The fourth-order valence-corrected chi connectivity index (χ4v) is 3.81. The second kappa shape index (κ2) is 10.9. The normalized spacial score (nSPS) is 14.0. The molecule has 3 N–H and O–H groups in total. The topological polar surface area (TPSA) is 79.5 Å². The Labute approximate surface area is 188 Å². The predicted molar refractivity (Wildman–Crippen MR) is 127 cm³/mol. The molecule has 1 aliphatic carbocycles. The number of anilines is 1. The number of nitrogens with one attached hydrogen (secondary N) is 3. The first-order chi connectivity index (χ1) is 14.9. The first-order valence-corrected chi connectivity index (χ1v) is 11.1. The van der Waals surface area contributed by atoms with Gasteiger partial charge in [0.25, 0.3) is 11.8 Å². The van der Waals surface area contributed by atoms with Crippen LogP contribution in [0.5, 0.6) is 5.75 Å². The third kappa shape index (κ3) is 6.79. The van der Waals surface area contributed by atoms with Gasteiger partial charge in [-0.3, -0.25) is 14.9 Å². The maximum atomic E-state index is 12.8. The van der Waals surface area contributed by atoms with Crippen molar-refractivity contribution in [2.24, 2.45) is 0 Å². The SMILES string of the molecule is CC(C)Oc1cccc(C(=O)NC(=S)Nc2ccccc2C(=O)NC2CCCCC2)c1. The van der Waals surface area contributed by atoms with E-state index in [9.17, 15) is 9.59 Å². The van der Waals surface area contributed by atoms with E-state index in [1.165, 1.54) is 6.42 Å². The molecule has 1 aliphatic rings. The van der Waals surface area contributed by atoms with Gasteiger partial charge in [0.05, 0.1) is 17.4 Å². The van der Waals surface area contributed by atoms with E-state index < -0.39 is 0 Å². The molecule has 0 unspecified atom stereocenters. The van der Waals surface area contributed by atoms with Gasteiger partial charge in [0.2, 0.25) is 0 Å². The van der Waals surface area contributed by atoms with Crippen molar-refractivity contribution < 1.29 is 14.3 Å². The van der Waals surface area contributed by atoms with Crippen molar-refractivity contribution in [3.63, 3.8) is 0 Å². The number of hydrogen-bond donors (Lipinski definition) is 3. The number of carbonyl (C=O) groups excluding carboxylic acids is 2. The first kappa shape index (κ1) is 22.7. The molecule has 1 saturated carbocycles. The summed E-state index contributed by atoms with van der Waals surface area (Å²) in [5, 5.41) is 8.89. The number of thiocarbonyl (C=S) groups is 1. The highest BCUT2D eigenvalue weighted by atomic mass is 32.1. The van der Waals surface area contributed by atoms with Gasteiger partial charge < -0.3 is 15.4 Å². The maximum absolute atomic E-state index is 12.8. The van der Waals surface area contributed by atoms with Gasteiger partial charge >= 0.3 is 0 Å². The van der Waals surface area contributed by atoms with Crippen molar-refractivity contribution in [2.45, 2.75) is 58.1 Å². The lowest BCUT2D eigenvalue weighted by molar-refractivity contribution is 0.0927. The zero-order chi connectivity index (χ0) is 22.2. The smallest absolute Gasteiger partial charge is 0.257 e. The lowest BCUT2D eigenvalue weighted by atomic mass is 9.95. The molecule has 31 heavy (non-hydrogen) atoms. The third-order valence-corrected chi connectivity index (χ3v) is 5.26. The summed E-state index contributed by atoms with van der Waals surface area (Å²) in [4.78, 5) is 25.4. The Bertz CT molecular complexity index is 939. The molecule has 0 aromatic heterocycles. The number of amides is 2. The minimum atomic E-state index is -0.351. The number of para-hydroxylation sites is 1. The third-order valence-electron chi connectivity index (χ3n) is 5.06. The highest BCUT2D eigenvalue weighted by Gasteiger charge is 2.19. The van der Waals surface area contributed by atoms with Crippen molar-refractivity contribution in [2.75, 3.05) is 5.32 Å². The molecule has 6 nitrogen and oxygen atoms in total. The van der Waals surface area contributed by atoms with Crippen molar-refractivity contribution >= 4 is 34.8 Å². The average Bonchev–Trinajstić information content (AvgIpc) is 2.74. The average molecular weight is 440 g/mol. The summed E-state index contributed by atoms with van der Waals surface area (Å²) in [6.45, 7) is 3.85. The number of rotatable bonds is 6. The Balaban J connectivity index is 1.63. The summed E-state index contributed by atoms with van der Waals surface area (Å²) in [5.74, 6) is 0.129. The highest BCUT2D eigenvalue weighted by molar-refractivity contribution is 7.80. The van der Waals surface area contributed by atoms with E-state index >= 15 is 0 Å². The number of benzene rings is 2. The molecule has 164 valence electrons. The van der Waals surface area contributed by atoms with Crippen LogP contribution in [0.1, 0.15) is 66.7 Å². The summed E-state index contributed by atoms with van der Waals surface area (Å²) in [7, 11) is 0. The minimum Gasteiger partial charge on any atom is -0.491 e. The zero-order valence-corrected chi connectivity index (χ0v) is 18.8. The lowest BCUT2D eigenvalue weighted by Gasteiger charge is -2.23. The van der Waals surface area contributed by atoms with E-state index in [1.807, 2.05) is 26.0 Å². The van der Waals surface area contributed by atoms with Gasteiger partial charge in [-0.2, -0.15) is 0 Å². The Morgan fingerprint density at radius 2 is 1.74 bits per heavy atom. The van der Waals surface area contributed by atoms with Gasteiger partial charge in [0, 0.05) is 11.6 Å². The molecule has 2 aromatic carbocycles. The van der Waals surface area contributed by atoms with Crippen LogP contribution in [0.3, 0.4) is 0 Å². The van der Waals surface area contributed by atoms with Gasteiger partial charge in [-0.05, 0) is 69.2 Å². The molecule has 1 fully saturated rings. The quantitative estimate of drug-likeness (QED) is 0.571. The van der Waals surface area contributed by atoms with Gasteiger partial charge in [-0.25, -0.2) is 0 Å². The highest BCUT2D eigenvalue weighted by Crippen LogP contribution is 2.20. The Kier molecular flexibility index (Phi) is 8.00. The number of ether oxygens (including phenoxy) is 1. The van der Waals surface area contributed by atoms with Crippen molar-refractivity contribution in [3.05, 3.63) is 59.7 Å². The fraction of sp³-hybridized carbons (Fsp3) is 0.375. The maximum Gasteiger partial charge on any atom is 0.257 e. The summed E-state index contributed by atoms with van der Waals surface area (Å²) in [6.07, 6.45) is 5.54. The number of carbonyl (C=O) groups is 2. The Morgan fingerprint density at radius 3 is 2.48 bits per heavy atom. The Morgan fingerprint density at radius 1 is 1.00 bits per heavy atom. The standard InChI is InChI=1S/C24H29N3O3S/c1-16(2)30-19-12-8-9-17(15-19)22(28)27-24(31)26-21-14-7-6-13-20(21)23(29)25-18-10-4-3-5-11-18/h6-9,12-16,18H,3-5,10-11H2,1-2H3,(H,25,29)(H2,26,27,28,31). The molecular weight excluding hydrogens is 410 g/mol. The summed E-state index contributed by atoms with van der Waals surface area (Å²) in [5.41, 5.74) is 1.49. The lowest BCUT2D eigenvalue weighted by Crippen LogP contribution is -2.37. The molecule has 2 amide bonds. The Hall–Kier alpha value is -2.93. The molecule has 0 radical (unpaired) electrons. The zero-order valence-electron chi connectivity index (χ0n) is 17.9. The van der Waals surface area contributed by atoms with Crippen LogP contribution in [0.15, 0.2) is 48.5 Å². The van der Waals surface area contributed by atoms with E-state index in [0.717, 1.165) is 25.7 Å². The summed E-state index contributed by atoms with van der Waals surface area (Å²) >= 11 is 5.32. The molecule has 0 saturated heterocycles. The van der Waals surface area contributed by atoms with E-state index in [-0.39, 0.29) is 29.1 Å². The van der Waals surface area contributed by atoms with Gasteiger partial charge in [-0.15, -0.1) is 0 Å². The molecule has 0 aliphatic heterocycles. The monoisotopic (exact) mass is 439 g/mol.